The van der Waals surface area contributed by atoms with Gasteiger partial charge in [0.2, 0.25) is 0 Å². The number of pyridine rings is 1. The predicted octanol–water partition coefficient (Wildman–Crippen LogP) is 3.37. The molecule has 2 N–H and O–H groups in total. The van der Waals surface area contributed by atoms with Gasteiger partial charge in [0.1, 0.15) is 5.82 Å². The Kier molecular flexibility index (Phi) is 3.23. The molecule has 2 heterocycles. The molecule has 92 valence electrons. The molecule has 0 radical (unpaired) electrons. The number of aromatic nitrogens is 3. The minimum absolute atomic E-state index is 0.557. The number of hydrogen-bond donors (Lipinski definition) is 1. The normalized spacial score (nSPS) is 14.8. The molecule has 1 saturated carbocycles. The summed E-state index contributed by atoms with van der Waals surface area (Å²) in [5, 5.41) is 0. The lowest BCUT2D eigenvalue weighted by Gasteiger charge is -2.08. The van der Waals surface area contributed by atoms with Crippen LogP contribution in [0.3, 0.4) is 0 Å². The van der Waals surface area contributed by atoms with E-state index in [1.165, 1.54) is 12.8 Å². The average Bonchev–Trinajstić information content (AvgIpc) is 3.16. The molecule has 2 aromatic heterocycles. The number of halogens is 2. The molecule has 18 heavy (non-hydrogen) atoms. The van der Waals surface area contributed by atoms with Gasteiger partial charge in [0.25, 0.3) is 0 Å². The van der Waals surface area contributed by atoms with Gasteiger partial charge in [0, 0.05) is 28.3 Å². The average molecular weight is 417 g/mol. The first kappa shape index (κ1) is 12.3. The van der Waals surface area contributed by atoms with Crippen molar-refractivity contribution >= 4 is 44.3 Å². The monoisotopic (exact) mass is 416 g/mol. The molecule has 0 atom stereocenters. The topological polar surface area (TPSA) is 64.7 Å². The van der Waals surface area contributed by atoms with E-state index in [1.807, 2.05) is 6.07 Å². The van der Waals surface area contributed by atoms with Gasteiger partial charge in [-0.1, -0.05) is 0 Å². The van der Waals surface area contributed by atoms with E-state index in [1.54, 1.807) is 12.4 Å². The second kappa shape index (κ2) is 4.73. The third-order valence-corrected chi connectivity index (χ3v) is 4.37. The highest BCUT2D eigenvalue weighted by atomic mass is 127. The molecule has 0 amide bonds. The van der Waals surface area contributed by atoms with Crippen LogP contribution in [-0.2, 0) is 0 Å². The zero-order valence-electron chi connectivity index (χ0n) is 9.40. The van der Waals surface area contributed by atoms with Crippen LogP contribution in [0, 0.1) is 3.57 Å². The summed E-state index contributed by atoms with van der Waals surface area (Å²) in [5.74, 6) is 1.77. The van der Waals surface area contributed by atoms with Crippen LogP contribution >= 0.6 is 38.5 Å². The highest BCUT2D eigenvalue weighted by Gasteiger charge is 2.29. The maximum absolute atomic E-state index is 5.97. The van der Waals surface area contributed by atoms with Crippen LogP contribution in [-0.4, -0.2) is 15.0 Å². The summed E-state index contributed by atoms with van der Waals surface area (Å²) in [4.78, 5) is 13.1. The standard InChI is InChI=1S/C12H10BrIN4/c13-8-3-7(4-16-5-8)12-17-10(6-1-2-6)9(14)11(15)18-12/h3-6H,1-2H2,(H2,15,17,18). The summed E-state index contributed by atoms with van der Waals surface area (Å²) >= 11 is 5.63. The molecular weight excluding hydrogens is 407 g/mol. The highest BCUT2D eigenvalue weighted by Crippen LogP contribution is 2.42. The lowest BCUT2D eigenvalue weighted by atomic mass is 10.2. The number of nitrogens with two attached hydrogens (primary N) is 1. The molecule has 1 aliphatic rings. The molecule has 2 aromatic rings. The van der Waals surface area contributed by atoms with Gasteiger partial charge in [-0.3, -0.25) is 4.98 Å². The zero-order valence-corrected chi connectivity index (χ0v) is 13.1. The fraction of sp³-hybridized carbons (Fsp3) is 0.250. The third kappa shape index (κ3) is 2.35. The number of nitrogens with zero attached hydrogens (tertiary/aromatic N) is 3. The molecule has 3 rings (SSSR count). The number of hydrogen-bond acceptors (Lipinski definition) is 4. The fourth-order valence-electron chi connectivity index (χ4n) is 1.77. The summed E-state index contributed by atoms with van der Waals surface area (Å²) < 4.78 is 1.90. The second-order valence-electron chi connectivity index (χ2n) is 4.30. The van der Waals surface area contributed by atoms with Gasteiger partial charge >= 0.3 is 0 Å². The molecule has 6 heteroatoms. The summed E-state index contributed by atoms with van der Waals surface area (Å²) in [5.41, 5.74) is 7.94. The fourth-order valence-corrected chi connectivity index (χ4v) is 2.82. The van der Waals surface area contributed by atoms with E-state index in [0.717, 1.165) is 19.3 Å². The van der Waals surface area contributed by atoms with Crippen LogP contribution in [0.25, 0.3) is 11.4 Å². The Balaban J connectivity index is 2.12. The molecule has 0 aromatic carbocycles. The molecule has 0 spiro atoms. The molecule has 0 bridgehead atoms. The van der Waals surface area contributed by atoms with E-state index in [0.29, 0.717) is 17.6 Å². The van der Waals surface area contributed by atoms with E-state index in [9.17, 15) is 0 Å². The second-order valence-corrected chi connectivity index (χ2v) is 6.29. The molecule has 1 aliphatic carbocycles. The summed E-state index contributed by atoms with van der Waals surface area (Å²) in [6, 6.07) is 1.95. The Hall–Kier alpha value is -0.760. The van der Waals surface area contributed by atoms with Crippen LogP contribution in [0.15, 0.2) is 22.9 Å². The van der Waals surface area contributed by atoms with Gasteiger partial charge in [-0.25, -0.2) is 9.97 Å². The van der Waals surface area contributed by atoms with Gasteiger partial charge in [-0.05, 0) is 57.4 Å². The smallest absolute Gasteiger partial charge is 0.163 e. The zero-order chi connectivity index (χ0) is 12.7. The van der Waals surface area contributed by atoms with Crippen LogP contribution in [0.1, 0.15) is 24.5 Å². The van der Waals surface area contributed by atoms with Crippen molar-refractivity contribution < 1.29 is 0 Å². The van der Waals surface area contributed by atoms with E-state index < -0.39 is 0 Å². The minimum atomic E-state index is 0.557. The van der Waals surface area contributed by atoms with Crippen LogP contribution < -0.4 is 5.73 Å². The van der Waals surface area contributed by atoms with Crippen LogP contribution in [0.2, 0.25) is 0 Å². The Morgan fingerprint density at radius 2 is 2.06 bits per heavy atom. The summed E-state index contributed by atoms with van der Waals surface area (Å²) in [6.07, 6.45) is 5.88. The summed E-state index contributed by atoms with van der Waals surface area (Å²) in [6.45, 7) is 0. The highest BCUT2D eigenvalue weighted by molar-refractivity contribution is 14.1. The van der Waals surface area contributed by atoms with Gasteiger partial charge in [0.05, 0.1) is 9.26 Å². The Morgan fingerprint density at radius 1 is 1.28 bits per heavy atom. The lowest BCUT2D eigenvalue weighted by Crippen LogP contribution is -2.04. The molecule has 0 saturated heterocycles. The number of rotatable bonds is 2. The maximum Gasteiger partial charge on any atom is 0.163 e. The first-order valence-electron chi connectivity index (χ1n) is 5.59. The van der Waals surface area contributed by atoms with Crippen LogP contribution in [0.4, 0.5) is 5.82 Å². The molecular formula is C12H10BrIN4. The van der Waals surface area contributed by atoms with Crippen molar-refractivity contribution in [2.75, 3.05) is 5.73 Å². The third-order valence-electron chi connectivity index (χ3n) is 2.83. The number of anilines is 1. The van der Waals surface area contributed by atoms with Crippen molar-refractivity contribution in [1.82, 2.24) is 15.0 Å². The first-order valence-corrected chi connectivity index (χ1v) is 7.46. The first-order chi connectivity index (χ1) is 8.65. The van der Waals surface area contributed by atoms with Crippen molar-refractivity contribution in [2.45, 2.75) is 18.8 Å². The lowest BCUT2D eigenvalue weighted by molar-refractivity contribution is 0.981. The van der Waals surface area contributed by atoms with Gasteiger partial charge < -0.3 is 5.73 Å². The maximum atomic E-state index is 5.97. The van der Waals surface area contributed by atoms with Gasteiger partial charge in [-0.15, -0.1) is 0 Å². The SMILES string of the molecule is Nc1nc(-c2cncc(Br)c2)nc(C2CC2)c1I. The van der Waals surface area contributed by atoms with E-state index in [-0.39, 0.29) is 0 Å². The van der Waals surface area contributed by atoms with E-state index in [2.05, 4.69) is 53.5 Å². The molecule has 0 unspecified atom stereocenters. The van der Waals surface area contributed by atoms with Crippen molar-refractivity contribution in [3.8, 4) is 11.4 Å². The van der Waals surface area contributed by atoms with Gasteiger partial charge in [-0.2, -0.15) is 0 Å². The summed E-state index contributed by atoms with van der Waals surface area (Å²) in [7, 11) is 0. The Bertz CT molecular complexity index is 613. The van der Waals surface area contributed by atoms with Crippen molar-refractivity contribution in [1.29, 1.82) is 0 Å². The van der Waals surface area contributed by atoms with E-state index in [4.69, 9.17) is 5.73 Å². The van der Waals surface area contributed by atoms with Crippen LogP contribution in [0.5, 0.6) is 0 Å². The van der Waals surface area contributed by atoms with Crippen molar-refractivity contribution in [3.05, 3.63) is 32.2 Å². The molecule has 4 nitrogen and oxygen atoms in total. The molecule has 1 fully saturated rings. The van der Waals surface area contributed by atoms with Crippen molar-refractivity contribution in [3.63, 3.8) is 0 Å². The molecule has 0 aliphatic heterocycles. The Morgan fingerprint density at radius 3 is 2.72 bits per heavy atom. The quantitative estimate of drug-likeness (QED) is 0.762. The largest absolute Gasteiger partial charge is 0.383 e. The van der Waals surface area contributed by atoms with Gasteiger partial charge in [0.15, 0.2) is 5.82 Å². The minimum Gasteiger partial charge on any atom is -0.383 e. The Labute approximate surface area is 127 Å². The predicted molar refractivity (Wildman–Crippen MR) is 82.1 cm³/mol. The number of nitrogen functional groups attached to an aromatic ring is 1. The van der Waals surface area contributed by atoms with Crippen molar-refractivity contribution in [2.24, 2.45) is 0 Å². The van der Waals surface area contributed by atoms with E-state index >= 15 is 0 Å².